The van der Waals surface area contributed by atoms with E-state index in [1.54, 1.807) is 6.07 Å². The molecule has 0 fully saturated rings. The SMILES string of the molecule is Cc1cc(CC(=O)N(C)C(C)C(=O)O)n[nH]1. The first-order chi connectivity index (χ1) is 7.41. The van der Waals surface area contributed by atoms with E-state index in [4.69, 9.17) is 5.11 Å². The highest BCUT2D eigenvalue weighted by Gasteiger charge is 2.22. The molecule has 1 aromatic rings. The molecule has 6 nitrogen and oxygen atoms in total. The van der Waals surface area contributed by atoms with Crippen molar-refractivity contribution in [2.75, 3.05) is 7.05 Å². The number of aromatic nitrogens is 2. The number of carbonyl (C=O) groups is 2. The van der Waals surface area contributed by atoms with Crippen LogP contribution in [0.4, 0.5) is 0 Å². The molecule has 1 amide bonds. The van der Waals surface area contributed by atoms with Crippen molar-refractivity contribution in [2.24, 2.45) is 0 Å². The van der Waals surface area contributed by atoms with E-state index in [0.717, 1.165) is 5.69 Å². The molecule has 0 saturated carbocycles. The summed E-state index contributed by atoms with van der Waals surface area (Å²) in [6.45, 7) is 3.31. The van der Waals surface area contributed by atoms with Gasteiger partial charge < -0.3 is 10.0 Å². The second kappa shape index (κ2) is 4.78. The van der Waals surface area contributed by atoms with Crippen LogP contribution in [-0.4, -0.2) is 45.2 Å². The molecular weight excluding hydrogens is 210 g/mol. The van der Waals surface area contributed by atoms with Gasteiger partial charge in [0.05, 0.1) is 12.1 Å². The van der Waals surface area contributed by atoms with Crippen molar-refractivity contribution >= 4 is 11.9 Å². The molecule has 1 heterocycles. The van der Waals surface area contributed by atoms with Crippen LogP contribution in [-0.2, 0) is 16.0 Å². The first-order valence-electron chi connectivity index (χ1n) is 4.91. The van der Waals surface area contributed by atoms with Crippen molar-refractivity contribution < 1.29 is 14.7 Å². The van der Waals surface area contributed by atoms with Crippen LogP contribution in [0.3, 0.4) is 0 Å². The molecule has 0 bridgehead atoms. The number of carboxylic acid groups (broad SMARTS) is 1. The Hall–Kier alpha value is -1.85. The normalized spacial score (nSPS) is 12.2. The number of carbonyl (C=O) groups excluding carboxylic acids is 1. The Labute approximate surface area is 93.3 Å². The molecule has 0 saturated heterocycles. The van der Waals surface area contributed by atoms with Crippen molar-refractivity contribution in [3.8, 4) is 0 Å². The summed E-state index contributed by atoms with van der Waals surface area (Å²) >= 11 is 0. The number of nitrogens with one attached hydrogen (secondary N) is 1. The Morgan fingerprint density at radius 3 is 2.69 bits per heavy atom. The number of carboxylic acids is 1. The van der Waals surface area contributed by atoms with E-state index in [0.29, 0.717) is 5.69 Å². The minimum Gasteiger partial charge on any atom is -0.480 e. The van der Waals surface area contributed by atoms with Crippen LogP contribution in [0.1, 0.15) is 18.3 Å². The van der Waals surface area contributed by atoms with Crippen molar-refractivity contribution in [2.45, 2.75) is 26.3 Å². The molecule has 0 aliphatic rings. The molecule has 0 radical (unpaired) electrons. The molecule has 0 aromatic carbocycles. The fourth-order valence-electron chi connectivity index (χ4n) is 1.23. The maximum atomic E-state index is 11.7. The van der Waals surface area contributed by atoms with Gasteiger partial charge in [0.1, 0.15) is 6.04 Å². The molecule has 88 valence electrons. The summed E-state index contributed by atoms with van der Waals surface area (Å²) in [5.41, 5.74) is 1.49. The summed E-state index contributed by atoms with van der Waals surface area (Å²) < 4.78 is 0. The summed E-state index contributed by atoms with van der Waals surface area (Å²) in [6, 6.07) is 0.935. The average molecular weight is 225 g/mol. The topological polar surface area (TPSA) is 86.3 Å². The highest BCUT2D eigenvalue weighted by atomic mass is 16.4. The molecule has 1 aromatic heterocycles. The summed E-state index contributed by atoms with van der Waals surface area (Å²) in [6.07, 6.45) is 0.110. The van der Waals surface area contributed by atoms with Gasteiger partial charge in [-0.25, -0.2) is 4.79 Å². The maximum Gasteiger partial charge on any atom is 0.326 e. The largest absolute Gasteiger partial charge is 0.480 e. The number of nitrogens with zero attached hydrogens (tertiary/aromatic N) is 2. The van der Waals surface area contributed by atoms with Gasteiger partial charge in [0.2, 0.25) is 5.91 Å². The first-order valence-corrected chi connectivity index (χ1v) is 4.91. The third kappa shape index (κ3) is 2.82. The van der Waals surface area contributed by atoms with Gasteiger partial charge in [-0.1, -0.05) is 0 Å². The number of rotatable bonds is 4. The highest BCUT2D eigenvalue weighted by molar-refractivity contribution is 5.84. The minimum atomic E-state index is -1.02. The Morgan fingerprint density at radius 1 is 1.62 bits per heavy atom. The van der Waals surface area contributed by atoms with Crippen molar-refractivity contribution in [3.63, 3.8) is 0 Å². The Morgan fingerprint density at radius 2 is 2.25 bits per heavy atom. The molecule has 1 unspecified atom stereocenters. The van der Waals surface area contributed by atoms with Crippen LogP contribution < -0.4 is 0 Å². The van der Waals surface area contributed by atoms with Crippen LogP contribution in [0.15, 0.2) is 6.07 Å². The van der Waals surface area contributed by atoms with Gasteiger partial charge in [-0.15, -0.1) is 0 Å². The summed E-state index contributed by atoms with van der Waals surface area (Å²) in [5, 5.41) is 15.4. The van der Waals surface area contributed by atoms with Gasteiger partial charge in [-0.2, -0.15) is 5.10 Å². The van der Waals surface area contributed by atoms with Gasteiger partial charge in [0, 0.05) is 12.7 Å². The number of hydrogen-bond donors (Lipinski definition) is 2. The van der Waals surface area contributed by atoms with Gasteiger partial charge in [-0.3, -0.25) is 9.89 Å². The number of likely N-dealkylation sites (N-methyl/N-ethyl adjacent to an activating group) is 1. The maximum absolute atomic E-state index is 11.7. The molecular formula is C10H15N3O3. The van der Waals surface area contributed by atoms with Crippen LogP contribution in [0.25, 0.3) is 0 Å². The molecule has 0 spiro atoms. The predicted octanol–water partition coefficient (Wildman–Crippen LogP) is 0.192. The summed E-state index contributed by atoms with van der Waals surface area (Å²) in [5.74, 6) is -1.28. The van der Waals surface area contributed by atoms with E-state index in [1.807, 2.05) is 6.92 Å². The number of hydrogen-bond acceptors (Lipinski definition) is 3. The number of aliphatic carboxylic acids is 1. The number of aryl methyl sites for hydroxylation is 1. The third-order valence-electron chi connectivity index (χ3n) is 2.42. The molecule has 1 rings (SSSR count). The zero-order chi connectivity index (χ0) is 12.3. The second-order valence-corrected chi connectivity index (χ2v) is 3.74. The Bertz CT molecular complexity index is 400. The lowest BCUT2D eigenvalue weighted by atomic mass is 10.2. The number of H-pyrrole nitrogens is 1. The molecule has 0 aliphatic carbocycles. The quantitative estimate of drug-likeness (QED) is 0.766. The van der Waals surface area contributed by atoms with E-state index in [2.05, 4.69) is 10.2 Å². The van der Waals surface area contributed by atoms with Gasteiger partial charge in [0.15, 0.2) is 0 Å². The van der Waals surface area contributed by atoms with E-state index in [-0.39, 0.29) is 12.3 Å². The molecule has 6 heteroatoms. The van der Waals surface area contributed by atoms with E-state index in [1.165, 1.54) is 18.9 Å². The Kier molecular flexibility index (Phi) is 3.65. The monoisotopic (exact) mass is 225 g/mol. The van der Waals surface area contributed by atoms with E-state index in [9.17, 15) is 9.59 Å². The van der Waals surface area contributed by atoms with Crippen LogP contribution >= 0.6 is 0 Å². The predicted molar refractivity (Wildman–Crippen MR) is 56.9 cm³/mol. The number of amides is 1. The highest BCUT2D eigenvalue weighted by Crippen LogP contribution is 2.03. The first kappa shape index (κ1) is 12.2. The van der Waals surface area contributed by atoms with Crippen molar-refractivity contribution in [1.82, 2.24) is 15.1 Å². The summed E-state index contributed by atoms with van der Waals surface area (Å²) in [4.78, 5) is 23.6. The lowest BCUT2D eigenvalue weighted by Gasteiger charge is -2.20. The van der Waals surface area contributed by atoms with Gasteiger partial charge >= 0.3 is 5.97 Å². The fourth-order valence-corrected chi connectivity index (χ4v) is 1.23. The fraction of sp³-hybridized carbons (Fsp3) is 0.500. The van der Waals surface area contributed by atoms with Crippen molar-refractivity contribution in [3.05, 3.63) is 17.5 Å². The van der Waals surface area contributed by atoms with E-state index >= 15 is 0 Å². The second-order valence-electron chi connectivity index (χ2n) is 3.74. The van der Waals surface area contributed by atoms with Crippen LogP contribution in [0.5, 0.6) is 0 Å². The average Bonchev–Trinajstić information content (AvgIpc) is 2.61. The lowest BCUT2D eigenvalue weighted by Crippen LogP contribution is -2.41. The number of aromatic amines is 1. The zero-order valence-electron chi connectivity index (χ0n) is 9.52. The minimum absolute atomic E-state index is 0.110. The molecule has 16 heavy (non-hydrogen) atoms. The standard InChI is InChI=1S/C10H15N3O3/c1-6-4-8(12-11-6)5-9(14)13(3)7(2)10(15)16/h4,7H,5H2,1-3H3,(H,11,12)(H,15,16). The molecule has 0 aliphatic heterocycles. The molecule has 2 N–H and O–H groups in total. The third-order valence-corrected chi connectivity index (χ3v) is 2.42. The van der Waals surface area contributed by atoms with Gasteiger partial charge in [-0.05, 0) is 19.9 Å². The van der Waals surface area contributed by atoms with Crippen molar-refractivity contribution in [1.29, 1.82) is 0 Å². The molecule has 1 atom stereocenters. The zero-order valence-corrected chi connectivity index (χ0v) is 9.52. The lowest BCUT2D eigenvalue weighted by molar-refractivity contribution is -0.148. The smallest absolute Gasteiger partial charge is 0.326 e. The van der Waals surface area contributed by atoms with Crippen LogP contribution in [0.2, 0.25) is 0 Å². The van der Waals surface area contributed by atoms with E-state index < -0.39 is 12.0 Å². The Balaban J connectivity index is 2.62. The van der Waals surface area contributed by atoms with Gasteiger partial charge in [0.25, 0.3) is 0 Å². The summed E-state index contributed by atoms with van der Waals surface area (Å²) in [7, 11) is 1.47. The van der Waals surface area contributed by atoms with Crippen LogP contribution in [0, 0.1) is 6.92 Å².